The van der Waals surface area contributed by atoms with E-state index in [1.165, 1.54) is 0 Å². The third-order valence-corrected chi connectivity index (χ3v) is 3.23. The van der Waals surface area contributed by atoms with Crippen LogP contribution in [0.25, 0.3) is 0 Å². The largest absolute Gasteiger partial charge is 0.496 e. The van der Waals surface area contributed by atoms with Crippen molar-refractivity contribution in [1.29, 1.82) is 0 Å². The topological polar surface area (TPSA) is 94.1 Å². The van der Waals surface area contributed by atoms with Crippen LogP contribution in [0.1, 0.15) is 17.5 Å². The first-order chi connectivity index (χ1) is 9.02. The molecule has 0 radical (unpaired) electrons. The molecule has 0 saturated heterocycles. The van der Waals surface area contributed by atoms with Crippen molar-refractivity contribution < 1.29 is 19.5 Å². The molecule has 0 fully saturated rings. The van der Waals surface area contributed by atoms with Crippen molar-refractivity contribution in [3.8, 4) is 5.75 Å². The van der Waals surface area contributed by atoms with E-state index in [0.717, 1.165) is 16.9 Å². The first kappa shape index (κ1) is 13.4. The number of oxime groups is 1. The second kappa shape index (κ2) is 4.89. The highest BCUT2D eigenvalue weighted by Gasteiger charge is 2.46. The molecule has 1 aliphatic rings. The molecule has 1 heterocycles. The fraction of sp³-hybridized carbons (Fsp3) is 0.385. The summed E-state index contributed by atoms with van der Waals surface area (Å²) in [5.74, 6) is -0.328. The molecular formula is C13H16N2O4. The first-order valence-corrected chi connectivity index (χ1v) is 5.86. The number of aryl methyl sites for hydroxylation is 1. The summed E-state index contributed by atoms with van der Waals surface area (Å²) in [6.45, 7) is 1.79. The predicted molar refractivity (Wildman–Crippen MR) is 69.4 cm³/mol. The van der Waals surface area contributed by atoms with Gasteiger partial charge in [0.25, 0.3) is 5.60 Å². The third kappa shape index (κ3) is 2.26. The van der Waals surface area contributed by atoms with Crippen LogP contribution >= 0.6 is 0 Å². The molecule has 0 aromatic heterocycles. The average Bonchev–Trinajstić information content (AvgIpc) is 2.84. The summed E-state index contributed by atoms with van der Waals surface area (Å²) in [5, 5.41) is 13.0. The number of carboxylic acid groups (broad SMARTS) is 1. The Bertz CT molecular complexity index is 541. The smallest absolute Gasteiger partial charge is 0.352 e. The molecule has 6 nitrogen and oxygen atoms in total. The minimum absolute atomic E-state index is 0.121. The second-order valence-corrected chi connectivity index (χ2v) is 4.49. The van der Waals surface area contributed by atoms with Crippen LogP contribution in [0.2, 0.25) is 0 Å². The van der Waals surface area contributed by atoms with Gasteiger partial charge in [0.2, 0.25) is 0 Å². The third-order valence-electron chi connectivity index (χ3n) is 3.23. The molecule has 0 saturated carbocycles. The minimum Gasteiger partial charge on any atom is -0.496 e. The van der Waals surface area contributed by atoms with E-state index in [4.69, 9.17) is 20.4 Å². The predicted octanol–water partition coefficient (Wildman–Crippen LogP) is 0.910. The Morgan fingerprint density at radius 2 is 2.37 bits per heavy atom. The summed E-state index contributed by atoms with van der Waals surface area (Å²) in [5.41, 5.74) is 6.39. The van der Waals surface area contributed by atoms with Crippen molar-refractivity contribution in [3.05, 3.63) is 29.3 Å². The number of methoxy groups -OCH3 is 1. The Kier molecular flexibility index (Phi) is 3.44. The maximum atomic E-state index is 11.2. The van der Waals surface area contributed by atoms with Crippen LogP contribution in [0.5, 0.6) is 5.75 Å². The van der Waals surface area contributed by atoms with E-state index in [0.29, 0.717) is 5.71 Å². The number of hydrogen-bond acceptors (Lipinski definition) is 5. The highest BCUT2D eigenvalue weighted by atomic mass is 16.7. The van der Waals surface area contributed by atoms with Gasteiger partial charge in [-0.05, 0) is 36.2 Å². The van der Waals surface area contributed by atoms with Crippen LogP contribution in [0.4, 0.5) is 0 Å². The van der Waals surface area contributed by atoms with Crippen LogP contribution in [-0.4, -0.2) is 36.0 Å². The fourth-order valence-electron chi connectivity index (χ4n) is 2.00. The monoisotopic (exact) mass is 264 g/mol. The lowest BCUT2D eigenvalue weighted by molar-refractivity contribution is -0.161. The van der Waals surface area contributed by atoms with Crippen LogP contribution in [0.15, 0.2) is 23.4 Å². The molecule has 1 atom stereocenters. The number of nitrogens with two attached hydrogens (primary N) is 1. The van der Waals surface area contributed by atoms with Gasteiger partial charge in [0.15, 0.2) is 0 Å². The molecule has 0 spiro atoms. The molecule has 1 aromatic carbocycles. The van der Waals surface area contributed by atoms with Crippen molar-refractivity contribution in [2.45, 2.75) is 18.9 Å². The normalized spacial score (nSPS) is 21.7. The molecule has 0 aliphatic carbocycles. The van der Waals surface area contributed by atoms with Gasteiger partial charge in [0.1, 0.15) is 5.75 Å². The molecule has 2 rings (SSSR count). The number of nitrogens with zero attached hydrogens (tertiary/aromatic N) is 1. The van der Waals surface area contributed by atoms with Gasteiger partial charge >= 0.3 is 5.97 Å². The van der Waals surface area contributed by atoms with Gasteiger partial charge in [-0.3, -0.25) is 0 Å². The van der Waals surface area contributed by atoms with Gasteiger partial charge in [-0.2, -0.15) is 0 Å². The van der Waals surface area contributed by atoms with Gasteiger partial charge in [-0.1, -0.05) is 5.16 Å². The number of benzene rings is 1. The number of aliphatic carboxylic acids is 1. The number of carboxylic acids is 1. The Morgan fingerprint density at radius 3 is 2.84 bits per heavy atom. The van der Waals surface area contributed by atoms with E-state index in [-0.39, 0.29) is 13.0 Å². The van der Waals surface area contributed by atoms with Gasteiger partial charge in [0, 0.05) is 13.0 Å². The second-order valence-electron chi connectivity index (χ2n) is 4.49. The Morgan fingerprint density at radius 1 is 1.63 bits per heavy atom. The highest BCUT2D eigenvalue weighted by molar-refractivity contribution is 6.04. The van der Waals surface area contributed by atoms with Gasteiger partial charge < -0.3 is 20.4 Å². The summed E-state index contributed by atoms with van der Waals surface area (Å²) < 4.78 is 5.18. The molecule has 0 bridgehead atoms. The van der Waals surface area contributed by atoms with Crippen LogP contribution in [0.3, 0.4) is 0 Å². The molecule has 1 unspecified atom stereocenters. The summed E-state index contributed by atoms with van der Waals surface area (Å²) >= 11 is 0. The maximum Gasteiger partial charge on any atom is 0.352 e. The summed E-state index contributed by atoms with van der Waals surface area (Å²) in [6, 6.07) is 5.52. The van der Waals surface area contributed by atoms with E-state index in [9.17, 15) is 4.79 Å². The number of hydrogen-bond donors (Lipinski definition) is 2. The Labute approximate surface area is 110 Å². The van der Waals surface area contributed by atoms with Gasteiger partial charge in [0.05, 0.1) is 12.8 Å². The Balaban J connectivity index is 2.26. The van der Waals surface area contributed by atoms with Gasteiger partial charge in [-0.25, -0.2) is 4.79 Å². The highest BCUT2D eigenvalue weighted by Crippen LogP contribution is 2.28. The number of carbonyl (C=O) groups is 1. The average molecular weight is 264 g/mol. The van der Waals surface area contributed by atoms with Crippen molar-refractivity contribution in [1.82, 2.24) is 0 Å². The zero-order valence-corrected chi connectivity index (χ0v) is 10.8. The summed E-state index contributed by atoms with van der Waals surface area (Å²) in [7, 11) is 1.60. The molecule has 19 heavy (non-hydrogen) atoms. The first-order valence-electron chi connectivity index (χ1n) is 5.86. The molecule has 6 heteroatoms. The number of ether oxygens (including phenoxy) is 1. The van der Waals surface area contributed by atoms with Crippen molar-refractivity contribution in [2.24, 2.45) is 10.9 Å². The van der Waals surface area contributed by atoms with E-state index in [1.54, 1.807) is 7.11 Å². The lowest BCUT2D eigenvalue weighted by Gasteiger charge is -2.18. The molecule has 1 aromatic rings. The lowest BCUT2D eigenvalue weighted by Crippen LogP contribution is -2.45. The fourth-order valence-corrected chi connectivity index (χ4v) is 2.00. The van der Waals surface area contributed by atoms with Crippen molar-refractivity contribution in [3.63, 3.8) is 0 Å². The van der Waals surface area contributed by atoms with Crippen molar-refractivity contribution in [2.75, 3.05) is 13.7 Å². The van der Waals surface area contributed by atoms with Gasteiger partial charge in [-0.15, -0.1) is 0 Å². The quantitative estimate of drug-likeness (QED) is 0.843. The summed E-state index contributed by atoms with van der Waals surface area (Å²) in [4.78, 5) is 16.2. The van der Waals surface area contributed by atoms with E-state index >= 15 is 0 Å². The molecule has 1 aliphatic heterocycles. The lowest BCUT2D eigenvalue weighted by atomic mass is 9.93. The molecular weight excluding hydrogens is 248 g/mol. The summed E-state index contributed by atoms with van der Waals surface area (Å²) in [6.07, 6.45) is 0.157. The molecule has 102 valence electrons. The molecule has 0 amide bonds. The molecule has 3 N–H and O–H groups in total. The minimum atomic E-state index is -1.44. The van der Waals surface area contributed by atoms with Crippen LogP contribution in [-0.2, 0) is 9.63 Å². The zero-order chi connectivity index (χ0) is 14.0. The van der Waals surface area contributed by atoms with E-state index in [1.807, 2.05) is 25.1 Å². The zero-order valence-electron chi connectivity index (χ0n) is 10.8. The standard InChI is InChI=1S/C13H16N2O4/c1-8-5-9(3-4-11(8)18-2)10-6-13(7-14,12(16)17)19-15-10/h3-5H,6-7,14H2,1-2H3,(H,16,17). The maximum absolute atomic E-state index is 11.2. The van der Waals surface area contributed by atoms with Crippen molar-refractivity contribution >= 4 is 11.7 Å². The van der Waals surface area contributed by atoms with E-state index in [2.05, 4.69) is 5.16 Å². The SMILES string of the molecule is COc1ccc(C2=NOC(CN)(C(=O)O)C2)cc1C. The van der Waals surface area contributed by atoms with Crippen LogP contribution in [0, 0.1) is 6.92 Å². The Hall–Kier alpha value is -2.08. The van der Waals surface area contributed by atoms with Crippen LogP contribution < -0.4 is 10.5 Å². The number of rotatable bonds is 4. The van der Waals surface area contributed by atoms with E-state index < -0.39 is 11.6 Å².